The molecule has 2 nitrogen and oxygen atoms in total. The molecule has 1 rings (SSSR count). The van der Waals surface area contributed by atoms with Crippen molar-refractivity contribution >= 4 is 0 Å². The Bertz CT molecular complexity index is 344. The second-order valence-corrected chi connectivity index (χ2v) is 4.09. The van der Waals surface area contributed by atoms with Crippen LogP contribution >= 0.6 is 0 Å². The second-order valence-electron chi connectivity index (χ2n) is 4.09. The number of benzene rings is 1. The van der Waals surface area contributed by atoms with Crippen molar-refractivity contribution in [3.63, 3.8) is 0 Å². The summed E-state index contributed by atoms with van der Waals surface area (Å²) in [5, 5.41) is 3.14. The summed E-state index contributed by atoms with van der Waals surface area (Å²) in [5.74, 6) is -1.78. The van der Waals surface area contributed by atoms with Crippen LogP contribution in [0.2, 0.25) is 0 Å². The number of halogens is 2. The quantitative estimate of drug-likeness (QED) is 0.743. The lowest BCUT2D eigenvalue weighted by molar-refractivity contribution is 0.283. The van der Waals surface area contributed by atoms with Gasteiger partial charge in [0.15, 0.2) is 11.6 Å². The van der Waals surface area contributed by atoms with Gasteiger partial charge in [0.05, 0.1) is 6.61 Å². The molecule has 0 amide bonds. The summed E-state index contributed by atoms with van der Waals surface area (Å²) in [7, 11) is 1.92. The van der Waals surface area contributed by atoms with Crippen molar-refractivity contribution in [2.45, 2.75) is 32.2 Å². The molecule has 0 bridgehead atoms. The van der Waals surface area contributed by atoms with Crippen LogP contribution in [0, 0.1) is 11.6 Å². The fraction of sp³-hybridized carbons (Fsp3) is 0.538. The molecule has 0 aliphatic heterocycles. The molecule has 0 saturated heterocycles. The summed E-state index contributed by atoms with van der Waals surface area (Å²) in [6.45, 7) is 2.52. The zero-order chi connectivity index (χ0) is 12.7. The van der Waals surface area contributed by atoms with Crippen LogP contribution in [-0.2, 0) is 0 Å². The summed E-state index contributed by atoms with van der Waals surface area (Å²) < 4.78 is 31.2. The zero-order valence-corrected chi connectivity index (χ0v) is 10.3. The molecule has 1 aromatic carbocycles. The highest BCUT2D eigenvalue weighted by atomic mass is 19.2. The van der Waals surface area contributed by atoms with E-state index in [1.807, 2.05) is 7.05 Å². The van der Waals surface area contributed by atoms with Crippen molar-refractivity contribution in [3.05, 3.63) is 29.8 Å². The smallest absolute Gasteiger partial charge is 0.200 e. The van der Waals surface area contributed by atoms with Gasteiger partial charge in [0, 0.05) is 6.04 Å². The molecular weight excluding hydrogens is 224 g/mol. The largest absolute Gasteiger partial charge is 0.490 e. The van der Waals surface area contributed by atoms with E-state index >= 15 is 0 Å². The third-order valence-electron chi connectivity index (χ3n) is 2.70. The molecule has 0 spiro atoms. The van der Waals surface area contributed by atoms with E-state index < -0.39 is 11.6 Å². The lowest BCUT2D eigenvalue weighted by Crippen LogP contribution is -2.20. The van der Waals surface area contributed by atoms with Crippen LogP contribution in [-0.4, -0.2) is 19.7 Å². The fourth-order valence-corrected chi connectivity index (χ4v) is 1.47. The topological polar surface area (TPSA) is 21.3 Å². The Kier molecular flexibility index (Phi) is 5.91. The van der Waals surface area contributed by atoms with E-state index in [1.165, 1.54) is 12.1 Å². The van der Waals surface area contributed by atoms with Gasteiger partial charge < -0.3 is 10.1 Å². The van der Waals surface area contributed by atoms with Crippen molar-refractivity contribution in [3.8, 4) is 5.75 Å². The third kappa shape index (κ3) is 4.69. The molecule has 0 heterocycles. The van der Waals surface area contributed by atoms with Crippen molar-refractivity contribution in [1.29, 1.82) is 0 Å². The maximum absolute atomic E-state index is 13.2. The number of hydrogen-bond donors (Lipinski definition) is 1. The van der Waals surface area contributed by atoms with E-state index in [1.54, 1.807) is 0 Å². The van der Waals surface area contributed by atoms with Gasteiger partial charge in [-0.05, 0) is 45.4 Å². The Hall–Kier alpha value is -1.16. The van der Waals surface area contributed by atoms with E-state index in [0.717, 1.165) is 25.3 Å². The van der Waals surface area contributed by atoms with Crippen molar-refractivity contribution in [1.82, 2.24) is 5.32 Å². The van der Waals surface area contributed by atoms with Gasteiger partial charge in [-0.2, -0.15) is 4.39 Å². The molecule has 0 aromatic heterocycles. The van der Waals surface area contributed by atoms with Gasteiger partial charge in [0.2, 0.25) is 5.82 Å². The first-order chi connectivity index (χ1) is 8.15. The van der Waals surface area contributed by atoms with Crippen LogP contribution in [0.15, 0.2) is 18.2 Å². The lowest BCUT2D eigenvalue weighted by atomic mass is 10.1. The summed E-state index contributed by atoms with van der Waals surface area (Å²) in [4.78, 5) is 0. The van der Waals surface area contributed by atoms with Gasteiger partial charge in [0.1, 0.15) is 0 Å². The van der Waals surface area contributed by atoms with Crippen molar-refractivity contribution in [2.75, 3.05) is 13.7 Å². The third-order valence-corrected chi connectivity index (χ3v) is 2.70. The number of unbranched alkanes of at least 4 members (excludes halogenated alkanes) is 1. The Morgan fingerprint density at radius 2 is 2.06 bits per heavy atom. The molecule has 1 unspecified atom stereocenters. The lowest BCUT2D eigenvalue weighted by Gasteiger charge is -2.10. The van der Waals surface area contributed by atoms with Gasteiger partial charge in [-0.3, -0.25) is 0 Å². The fourth-order valence-electron chi connectivity index (χ4n) is 1.47. The van der Waals surface area contributed by atoms with Crippen molar-refractivity contribution in [2.24, 2.45) is 0 Å². The standard InChI is InChI=1S/C13H19F2NO/c1-10(16-2)6-3-4-9-17-12-8-5-7-11(14)13(12)15/h5,7-8,10,16H,3-4,6,9H2,1-2H3. The van der Waals surface area contributed by atoms with Crippen LogP contribution < -0.4 is 10.1 Å². The van der Waals surface area contributed by atoms with Gasteiger partial charge in [-0.1, -0.05) is 6.07 Å². The Balaban J connectivity index is 2.25. The van der Waals surface area contributed by atoms with Gasteiger partial charge in [-0.15, -0.1) is 0 Å². The van der Waals surface area contributed by atoms with Gasteiger partial charge in [-0.25, -0.2) is 4.39 Å². The molecule has 0 fully saturated rings. The second kappa shape index (κ2) is 7.22. The number of ether oxygens (including phenoxy) is 1. The highest BCUT2D eigenvalue weighted by Crippen LogP contribution is 2.19. The first kappa shape index (κ1) is 13.9. The Labute approximate surface area is 101 Å². The monoisotopic (exact) mass is 243 g/mol. The van der Waals surface area contributed by atoms with Crippen LogP contribution in [0.4, 0.5) is 8.78 Å². The minimum Gasteiger partial charge on any atom is -0.490 e. The molecule has 0 aliphatic carbocycles. The molecule has 1 N–H and O–H groups in total. The maximum Gasteiger partial charge on any atom is 0.200 e. The molecule has 1 aromatic rings. The van der Waals surface area contributed by atoms with Crippen molar-refractivity contribution < 1.29 is 13.5 Å². The highest BCUT2D eigenvalue weighted by Gasteiger charge is 2.08. The first-order valence-corrected chi connectivity index (χ1v) is 5.89. The van der Waals surface area contributed by atoms with E-state index in [0.29, 0.717) is 12.6 Å². The summed E-state index contributed by atoms with van der Waals surface area (Å²) in [5.41, 5.74) is 0. The summed E-state index contributed by atoms with van der Waals surface area (Å²) in [6, 6.07) is 4.43. The predicted molar refractivity (Wildman–Crippen MR) is 64.2 cm³/mol. The van der Waals surface area contributed by atoms with E-state index in [2.05, 4.69) is 12.2 Å². The first-order valence-electron chi connectivity index (χ1n) is 5.89. The SMILES string of the molecule is CNC(C)CCCCOc1cccc(F)c1F. The molecule has 96 valence electrons. The van der Waals surface area contributed by atoms with Gasteiger partial charge in [0.25, 0.3) is 0 Å². The van der Waals surface area contributed by atoms with Crippen LogP contribution in [0.3, 0.4) is 0 Å². The number of nitrogens with one attached hydrogen (secondary N) is 1. The van der Waals surface area contributed by atoms with Crippen LogP contribution in [0.25, 0.3) is 0 Å². The maximum atomic E-state index is 13.2. The summed E-state index contributed by atoms with van der Waals surface area (Å²) >= 11 is 0. The number of hydrogen-bond acceptors (Lipinski definition) is 2. The Morgan fingerprint density at radius 1 is 1.29 bits per heavy atom. The van der Waals surface area contributed by atoms with Crippen LogP contribution in [0.1, 0.15) is 26.2 Å². The van der Waals surface area contributed by atoms with E-state index in [4.69, 9.17) is 4.74 Å². The van der Waals surface area contributed by atoms with Gasteiger partial charge >= 0.3 is 0 Å². The molecular formula is C13H19F2NO. The Morgan fingerprint density at radius 3 is 2.76 bits per heavy atom. The zero-order valence-electron chi connectivity index (χ0n) is 10.3. The molecule has 0 radical (unpaired) electrons. The molecule has 4 heteroatoms. The minimum atomic E-state index is -0.906. The minimum absolute atomic E-state index is 0.00772. The highest BCUT2D eigenvalue weighted by molar-refractivity contribution is 5.24. The summed E-state index contributed by atoms with van der Waals surface area (Å²) in [6.07, 6.45) is 2.88. The molecule has 17 heavy (non-hydrogen) atoms. The predicted octanol–water partition coefficient (Wildman–Crippen LogP) is 3.12. The number of rotatable bonds is 7. The normalized spacial score (nSPS) is 12.5. The van der Waals surface area contributed by atoms with E-state index in [-0.39, 0.29) is 5.75 Å². The molecule has 0 saturated carbocycles. The molecule has 0 aliphatic rings. The van der Waals surface area contributed by atoms with E-state index in [9.17, 15) is 8.78 Å². The average Bonchev–Trinajstić information content (AvgIpc) is 2.33. The van der Waals surface area contributed by atoms with Crippen LogP contribution in [0.5, 0.6) is 5.75 Å². The molecule has 1 atom stereocenters. The average molecular weight is 243 g/mol.